The molecule has 1 aromatic heterocycles. The van der Waals surface area contributed by atoms with Gasteiger partial charge in [-0.05, 0) is 19.8 Å². The van der Waals surface area contributed by atoms with Crippen LogP contribution in [0.1, 0.15) is 24.4 Å². The van der Waals surface area contributed by atoms with E-state index in [4.69, 9.17) is 10.5 Å². The predicted octanol–water partition coefficient (Wildman–Crippen LogP) is 0.500. The molecule has 1 aromatic rings. The number of anilines is 1. The molecule has 17 heavy (non-hydrogen) atoms. The van der Waals surface area contributed by atoms with Crippen LogP contribution < -0.4 is 5.73 Å². The third kappa shape index (κ3) is 2.08. The monoisotopic (exact) mass is 237 g/mol. The van der Waals surface area contributed by atoms with Gasteiger partial charge in [0.15, 0.2) is 0 Å². The summed E-state index contributed by atoms with van der Waals surface area (Å²) in [5, 5.41) is 9.47. The highest BCUT2D eigenvalue weighted by Gasteiger charge is 2.43. The summed E-state index contributed by atoms with van der Waals surface area (Å²) in [4.78, 5) is 19.7. The van der Waals surface area contributed by atoms with E-state index in [0.29, 0.717) is 43.4 Å². The number of rotatable bonds is 2. The van der Waals surface area contributed by atoms with Crippen molar-refractivity contribution in [1.29, 1.82) is 0 Å². The first-order valence-electron chi connectivity index (χ1n) is 5.47. The van der Waals surface area contributed by atoms with E-state index in [-0.39, 0.29) is 0 Å². The molecule has 0 bridgehead atoms. The predicted molar refractivity (Wildman–Crippen MR) is 60.5 cm³/mol. The van der Waals surface area contributed by atoms with Crippen molar-refractivity contribution in [3.05, 3.63) is 17.6 Å². The Balaban J connectivity index is 2.48. The second-order valence-corrected chi connectivity index (χ2v) is 4.22. The lowest BCUT2D eigenvalue weighted by Crippen LogP contribution is -2.42. The van der Waals surface area contributed by atoms with Gasteiger partial charge in [-0.3, -0.25) is 4.79 Å². The van der Waals surface area contributed by atoms with Gasteiger partial charge in [0.1, 0.15) is 17.1 Å². The quantitative estimate of drug-likeness (QED) is 0.777. The first-order valence-corrected chi connectivity index (χ1v) is 5.47. The molecule has 0 unspecified atom stereocenters. The molecular weight excluding hydrogens is 222 g/mol. The molecule has 2 rings (SSSR count). The molecule has 1 aliphatic heterocycles. The normalized spacial score (nSPS) is 18.9. The zero-order chi connectivity index (χ0) is 12.5. The maximum absolute atomic E-state index is 11.5. The minimum atomic E-state index is -0.986. The highest BCUT2D eigenvalue weighted by atomic mass is 16.5. The van der Waals surface area contributed by atoms with Gasteiger partial charge >= 0.3 is 5.97 Å². The number of carboxylic acids is 1. The van der Waals surface area contributed by atoms with E-state index in [1.54, 1.807) is 13.0 Å². The van der Waals surface area contributed by atoms with Crippen LogP contribution in [-0.4, -0.2) is 34.3 Å². The number of nitrogen functional groups attached to an aromatic ring is 1. The lowest BCUT2D eigenvalue weighted by atomic mass is 9.77. The maximum Gasteiger partial charge on any atom is 0.315 e. The van der Waals surface area contributed by atoms with Gasteiger partial charge in [0.2, 0.25) is 0 Å². The number of aliphatic carboxylic acids is 1. The van der Waals surface area contributed by atoms with Crippen LogP contribution in [0.5, 0.6) is 0 Å². The Labute approximate surface area is 98.8 Å². The highest BCUT2D eigenvalue weighted by molar-refractivity contribution is 5.81. The van der Waals surface area contributed by atoms with Crippen molar-refractivity contribution in [1.82, 2.24) is 9.97 Å². The van der Waals surface area contributed by atoms with Crippen LogP contribution in [0.3, 0.4) is 0 Å². The Morgan fingerprint density at radius 3 is 2.65 bits per heavy atom. The summed E-state index contributed by atoms with van der Waals surface area (Å²) in [5.41, 5.74) is 5.15. The van der Waals surface area contributed by atoms with Crippen molar-refractivity contribution in [2.24, 2.45) is 0 Å². The Morgan fingerprint density at radius 2 is 2.12 bits per heavy atom. The molecular formula is C11H15N3O3. The number of carbonyl (C=O) groups is 1. The van der Waals surface area contributed by atoms with E-state index in [9.17, 15) is 9.90 Å². The number of hydrogen-bond acceptors (Lipinski definition) is 5. The molecule has 92 valence electrons. The number of aryl methyl sites for hydroxylation is 1. The lowest BCUT2D eigenvalue weighted by molar-refractivity contribution is -0.148. The summed E-state index contributed by atoms with van der Waals surface area (Å²) in [6.07, 6.45) is 0.830. The van der Waals surface area contributed by atoms with Gasteiger partial charge in [-0.2, -0.15) is 0 Å². The van der Waals surface area contributed by atoms with E-state index in [0.717, 1.165) is 0 Å². The number of hydrogen-bond donors (Lipinski definition) is 2. The second-order valence-electron chi connectivity index (χ2n) is 4.22. The van der Waals surface area contributed by atoms with Crippen LogP contribution in [0.15, 0.2) is 6.07 Å². The first-order chi connectivity index (χ1) is 8.04. The number of carboxylic acid groups (broad SMARTS) is 1. The smallest absolute Gasteiger partial charge is 0.315 e. The third-order valence-electron chi connectivity index (χ3n) is 3.10. The van der Waals surface area contributed by atoms with E-state index in [2.05, 4.69) is 9.97 Å². The second kappa shape index (κ2) is 4.29. The van der Waals surface area contributed by atoms with Gasteiger partial charge in [-0.1, -0.05) is 0 Å². The number of aromatic nitrogens is 2. The SMILES string of the molecule is Cc1nc(N)cc(C2(C(=O)O)CCOCC2)n1. The molecule has 0 atom stereocenters. The summed E-state index contributed by atoms with van der Waals surface area (Å²) in [6.45, 7) is 2.55. The van der Waals surface area contributed by atoms with Gasteiger partial charge in [-0.25, -0.2) is 9.97 Å². The Hall–Kier alpha value is -1.69. The van der Waals surface area contributed by atoms with E-state index in [1.165, 1.54) is 0 Å². The van der Waals surface area contributed by atoms with Crippen molar-refractivity contribution >= 4 is 11.8 Å². The van der Waals surface area contributed by atoms with Crippen molar-refractivity contribution < 1.29 is 14.6 Å². The molecule has 0 radical (unpaired) electrons. The highest BCUT2D eigenvalue weighted by Crippen LogP contribution is 2.34. The topological polar surface area (TPSA) is 98.3 Å². The van der Waals surface area contributed by atoms with Crippen molar-refractivity contribution in [3.8, 4) is 0 Å². The van der Waals surface area contributed by atoms with Crippen LogP contribution in [0.25, 0.3) is 0 Å². The zero-order valence-corrected chi connectivity index (χ0v) is 9.64. The van der Waals surface area contributed by atoms with Crippen molar-refractivity contribution in [2.45, 2.75) is 25.2 Å². The van der Waals surface area contributed by atoms with Crippen LogP contribution in [0.2, 0.25) is 0 Å². The summed E-state index contributed by atoms with van der Waals surface area (Å²) in [7, 11) is 0. The standard InChI is InChI=1S/C11H15N3O3/c1-7-13-8(6-9(12)14-7)11(10(15)16)2-4-17-5-3-11/h6H,2-5H2,1H3,(H,15,16)(H2,12,13,14). The van der Waals surface area contributed by atoms with Crippen molar-refractivity contribution in [2.75, 3.05) is 18.9 Å². The van der Waals surface area contributed by atoms with Crippen LogP contribution >= 0.6 is 0 Å². The molecule has 1 aliphatic rings. The molecule has 1 saturated heterocycles. The van der Waals surface area contributed by atoms with Gasteiger partial charge in [0.25, 0.3) is 0 Å². The summed E-state index contributed by atoms with van der Waals surface area (Å²) in [5.74, 6) is -0.0787. The Kier molecular flexibility index (Phi) is 2.97. The summed E-state index contributed by atoms with van der Waals surface area (Å²) >= 11 is 0. The van der Waals surface area contributed by atoms with Gasteiger partial charge in [0.05, 0.1) is 5.69 Å². The van der Waals surface area contributed by atoms with E-state index >= 15 is 0 Å². The minimum absolute atomic E-state index is 0.305. The molecule has 0 amide bonds. The molecule has 6 nitrogen and oxygen atoms in total. The zero-order valence-electron chi connectivity index (χ0n) is 9.64. The molecule has 0 spiro atoms. The number of ether oxygens (including phenoxy) is 1. The molecule has 3 N–H and O–H groups in total. The third-order valence-corrected chi connectivity index (χ3v) is 3.10. The summed E-state index contributed by atoms with van der Waals surface area (Å²) in [6, 6.07) is 1.55. The molecule has 1 fully saturated rings. The molecule has 0 aliphatic carbocycles. The van der Waals surface area contributed by atoms with Crippen LogP contribution in [0, 0.1) is 6.92 Å². The first kappa shape index (κ1) is 11.8. The fourth-order valence-electron chi connectivity index (χ4n) is 2.14. The molecule has 0 aromatic carbocycles. The average molecular weight is 237 g/mol. The summed E-state index contributed by atoms with van der Waals surface area (Å²) < 4.78 is 5.22. The lowest BCUT2D eigenvalue weighted by Gasteiger charge is -2.32. The fourth-order valence-corrected chi connectivity index (χ4v) is 2.14. The number of nitrogens with two attached hydrogens (primary N) is 1. The Morgan fingerprint density at radius 1 is 1.47 bits per heavy atom. The van der Waals surface area contributed by atoms with Crippen molar-refractivity contribution in [3.63, 3.8) is 0 Å². The maximum atomic E-state index is 11.5. The number of nitrogens with zero attached hydrogens (tertiary/aromatic N) is 2. The van der Waals surface area contributed by atoms with E-state index < -0.39 is 11.4 Å². The average Bonchev–Trinajstić information content (AvgIpc) is 2.28. The van der Waals surface area contributed by atoms with Crippen LogP contribution in [-0.2, 0) is 14.9 Å². The van der Waals surface area contributed by atoms with Gasteiger partial charge in [0, 0.05) is 19.3 Å². The van der Waals surface area contributed by atoms with Gasteiger partial charge in [-0.15, -0.1) is 0 Å². The molecule has 6 heteroatoms. The molecule has 2 heterocycles. The fraction of sp³-hybridized carbons (Fsp3) is 0.545. The van der Waals surface area contributed by atoms with Crippen LogP contribution in [0.4, 0.5) is 5.82 Å². The minimum Gasteiger partial charge on any atom is -0.481 e. The van der Waals surface area contributed by atoms with Gasteiger partial charge < -0.3 is 15.6 Å². The molecule has 0 saturated carbocycles. The van der Waals surface area contributed by atoms with E-state index in [1.807, 2.05) is 0 Å². The Bertz CT molecular complexity index is 421. The largest absolute Gasteiger partial charge is 0.481 e.